The fourth-order valence-corrected chi connectivity index (χ4v) is 13.2. The number of aryl methyl sites for hydroxylation is 1. The Kier molecular flexibility index (Phi) is 11.3. The zero-order valence-corrected chi connectivity index (χ0v) is 32.9. The molecule has 2 bridgehead atoms. The van der Waals surface area contributed by atoms with Gasteiger partial charge in [-0.2, -0.15) is 0 Å². The average Bonchev–Trinajstić information content (AvgIpc) is 3.79. The van der Waals surface area contributed by atoms with Crippen molar-refractivity contribution in [1.29, 1.82) is 0 Å². The molecular formula is C47H66O6. The molecule has 4 aliphatic carbocycles. The molecule has 6 heteroatoms. The molecule has 0 saturated heterocycles. The van der Waals surface area contributed by atoms with Crippen molar-refractivity contribution in [3.63, 3.8) is 0 Å². The van der Waals surface area contributed by atoms with Crippen molar-refractivity contribution in [3.05, 3.63) is 47.5 Å². The van der Waals surface area contributed by atoms with Crippen LogP contribution in [0.2, 0.25) is 0 Å². The molecule has 8 atom stereocenters. The van der Waals surface area contributed by atoms with E-state index in [4.69, 9.17) is 9.47 Å². The first-order valence-corrected chi connectivity index (χ1v) is 21.4. The molecule has 1 aromatic rings. The number of aliphatic hydroxyl groups is 2. The molecule has 2 heterocycles. The lowest BCUT2D eigenvalue weighted by Crippen LogP contribution is -2.76. The molecule has 4 fully saturated rings. The number of esters is 2. The first-order chi connectivity index (χ1) is 25.4. The van der Waals surface area contributed by atoms with Crippen molar-refractivity contribution in [2.45, 2.75) is 173 Å². The minimum atomic E-state index is -1.38. The highest BCUT2D eigenvalue weighted by Gasteiger charge is 2.75. The third-order valence-corrected chi connectivity index (χ3v) is 16.0. The van der Waals surface area contributed by atoms with Gasteiger partial charge in [-0.15, -0.1) is 5.92 Å². The van der Waals surface area contributed by atoms with Crippen molar-refractivity contribution >= 4 is 11.9 Å². The van der Waals surface area contributed by atoms with E-state index in [0.717, 1.165) is 44.1 Å². The SMILES string of the molecule is C[C@H](CCCc1ccccc1)CCC[C@]12C([C@@H]3C[C@](C)(C#CCCC(=O)O3)[C@]1(O)CCC1=CC(=O)OC1)[C@](C)(C1CCC3(CCCC3)CC1)CC[C@@H]2O. The normalized spacial score (nSPS) is 37.3. The number of fused-ring (bicyclic) bond motifs is 4. The lowest BCUT2D eigenvalue weighted by Gasteiger charge is -2.71. The molecule has 290 valence electrons. The zero-order chi connectivity index (χ0) is 37.3. The van der Waals surface area contributed by atoms with E-state index in [1.54, 1.807) is 6.08 Å². The van der Waals surface area contributed by atoms with E-state index in [2.05, 4.69) is 62.9 Å². The molecule has 2 N–H and O–H groups in total. The molecule has 1 aromatic carbocycles. The van der Waals surface area contributed by atoms with Crippen molar-refractivity contribution in [1.82, 2.24) is 0 Å². The standard InChI is InChI=1S/C47H66O6/c1-34(13-11-17-35-15-5-4-6-16-35)14-12-26-46-39(48)22-27-44(3,37-20-28-45(29-21-37)24-9-10-25-45)42(46)38-32-43(2,23-8-7-18-40(49)53-38)47(46,51)30-19-36-31-41(50)52-33-36/h4-6,15-16,31,34,37-39,42,48,51H,7,9-14,17-22,24-30,32-33H2,1-3H3/t34-,38+,39+,42?,43+,44+,46+,47-/m1/s1. The van der Waals surface area contributed by atoms with E-state index in [0.29, 0.717) is 55.8 Å². The Bertz CT molecular complexity index is 1560. The van der Waals surface area contributed by atoms with Gasteiger partial charge < -0.3 is 19.7 Å². The molecular weight excluding hydrogens is 661 g/mol. The molecule has 7 rings (SSSR count). The number of benzene rings is 1. The molecule has 1 unspecified atom stereocenters. The number of hydrogen-bond acceptors (Lipinski definition) is 6. The Balaban J connectivity index is 1.25. The van der Waals surface area contributed by atoms with Crippen molar-refractivity contribution in [3.8, 4) is 11.8 Å². The van der Waals surface area contributed by atoms with E-state index in [9.17, 15) is 19.8 Å². The van der Waals surface area contributed by atoms with E-state index < -0.39 is 28.6 Å². The van der Waals surface area contributed by atoms with Gasteiger partial charge in [-0.1, -0.05) is 82.2 Å². The monoisotopic (exact) mass is 726 g/mol. The number of hydrogen-bond donors (Lipinski definition) is 2. The maximum Gasteiger partial charge on any atom is 0.331 e. The Morgan fingerprint density at radius 1 is 0.925 bits per heavy atom. The molecule has 2 aliphatic heterocycles. The number of carbonyl (C=O) groups excluding carboxylic acids is 2. The van der Waals surface area contributed by atoms with Crippen LogP contribution in [0.5, 0.6) is 0 Å². The summed E-state index contributed by atoms with van der Waals surface area (Å²) in [5.74, 6) is 7.09. The Morgan fingerprint density at radius 2 is 1.66 bits per heavy atom. The Labute approximate surface area is 319 Å². The fourth-order valence-electron chi connectivity index (χ4n) is 13.2. The second kappa shape index (κ2) is 15.5. The summed E-state index contributed by atoms with van der Waals surface area (Å²) in [4.78, 5) is 25.7. The van der Waals surface area contributed by atoms with Crippen LogP contribution in [0.25, 0.3) is 0 Å². The van der Waals surface area contributed by atoms with E-state index >= 15 is 0 Å². The summed E-state index contributed by atoms with van der Waals surface area (Å²) in [7, 11) is 0. The second-order valence-corrected chi connectivity index (χ2v) is 19.1. The molecule has 0 radical (unpaired) electrons. The van der Waals surface area contributed by atoms with Gasteiger partial charge in [0.25, 0.3) is 0 Å². The number of rotatable bonds is 12. The number of carbonyl (C=O) groups is 2. The van der Waals surface area contributed by atoms with Gasteiger partial charge in [0.15, 0.2) is 0 Å². The van der Waals surface area contributed by atoms with Crippen LogP contribution in [-0.4, -0.2) is 46.6 Å². The van der Waals surface area contributed by atoms with E-state index in [-0.39, 0.29) is 36.3 Å². The first kappa shape index (κ1) is 38.6. The van der Waals surface area contributed by atoms with Crippen molar-refractivity contribution in [2.24, 2.45) is 39.4 Å². The quantitative estimate of drug-likeness (QED) is 0.165. The van der Waals surface area contributed by atoms with Gasteiger partial charge in [-0.05, 0) is 124 Å². The third-order valence-electron chi connectivity index (χ3n) is 16.0. The maximum atomic E-state index is 13.9. The van der Waals surface area contributed by atoms with Gasteiger partial charge >= 0.3 is 11.9 Å². The van der Waals surface area contributed by atoms with Gasteiger partial charge in [-0.25, -0.2) is 4.79 Å². The van der Waals surface area contributed by atoms with Crippen molar-refractivity contribution in [2.75, 3.05) is 6.61 Å². The van der Waals surface area contributed by atoms with Crippen LogP contribution in [0.3, 0.4) is 0 Å². The van der Waals surface area contributed by atoms with Crippen LogP contribution in [0.4, 0.5) is 0 Å². The Hall–Kier alpha value is -2.62. The molecule has 0 amide bonds. The highest BCUT2D eigenvalue weighted by atomic mass is 16.5. The lowest BCUT2D eigenvalue weighted by atomic mass is 9.35. The molecule has 4 saturated carbocycles. The second-order valence-electron chi connectivity index (χ2n) is 19.1. The summed E-state index contributed by atoms with van der Waals surface area (Å²) >= 11 is 0. The molecule has 53 heavy (non-hydrogen) atoms. The van der Waals surface area contributed by atoms with E-state index in [1.807, 2.05) is 0 Å². The van der Waals surface area contributed by atoms with Crippen LogP contribution in [0.1, 0.15) is 155 Å². The zero-order valence-electron chi connectivity index (χ0n) is 32.9. The lowest BCUT2D eigenvalue weighted by molar-refractivity contribution is -0.315. The fraction of sp³-hybridized carbons (Fsp3) is 0.745. The Morgan fingerprint density at radius 3 is 2.38 bits per heavy atom. The summed E-state index contributed by atoms with van der Waals surface area (Å²) in [6, 6.07) is 10.7. The molecule has 1 spiro atoms. The minimum Gasteiger partial charge on any atom is -0.462 e. The van der Waals surface area contributed by atoms with Crippen molar-refractivity contribution < 1.29 is 29.3 Å². The van der Waals surface area contributed by atoms with Crippen LogP contribution in [0, 0.1) is 51.3 Å². The van der Waals surface area contributed by atoms with E-state index in [1.165, 1.54) is 56.9 Å². The van der Waals surface area contributed by atoms with Crippen LogP contribution >= 0.6 is 0 Å². The van der Waals surface area contributed by atoms with Gasteiger partial charge in [-0.3, -0.25) is 4.79 Å². The third kappa shape index (κ3) is 7.28. The topological polar surface area (TPSA) is 93.1 Å². The summed E-state index contributed by atoms with van der Waals surface area (Å²) in [6.45, 7) is 7.12. The van der Waals surface area contributed by atoms with Crippen LogP contribution in [-0.2, 0) is 25.5 Å². The average molecular weight is 727 g/mol. The maximum absolute atomic E-state index is 13.9. The highest BCUT2D eigenvalue weighted by Crippen LogP contribution is 2.72. The molecule has 6 nitrogen and oxygen atoms in total. The van der Waals surface area contributed by atoms with Gasteiger partial charge in [0.2, 0.25) is 0 Å². The van der Waals surface area contributed by atoms with Gasteiger partial charge in [0.05, 0.1) is 23.5 Å². The predicted octanol–water partition coefficient (Wildman–Crippen LogP) is 9.44. The van der Waals surface area contributed by atoms with Crippen LogP contribution in [0.15, 0.2) is 42.0 Å². The molecule has 6 aliphatic rings. The molecule has 0 aromatic heterocycles. The number of cyclic esters (lactones) is 1. The largest absolute Gasteiger partial charge is 0.462 e. The van der Waals surface area contributed by atoms with Gasteiger partial charge in [0.1, 0.15) is 12.7 Å². The summed E-state index contributed by atoms with van der Waals surface area (Å²) in [5.41, 5.74) is -0.683. The smallest absolute Gasteiger partial charge is 0.331 e. The van der Waals surface area contributed by atoms with Gasteiger partial charge in [0, 0.05) is 30.3 Å². The predicted molar refractivity (Wildman–Crippen MR) is 207 cm³/mol. The summed E-state index contributed by atoms with van der Waals surface area (Å²) in [5, 5.41) is 26.7. The number of aliphatic hydroxyl groups excluding tert-OH is 1. The summed E-state index contributed by atoms with van der Waals surface area (Å²) in [6.07, 6.45) is 20.0. The first-order valence-electron chi connectivity index (χ1n) is 21.4. The minimum absolute atomic E-state index is 0.202. The number of ether oxygens (including phenoxy) is 2. The highest BCUT2D eigenvalue weighted by molar-refractivity contribution is 5.85. The van der Waals surface area contributed by atoms with Crippen LogP contribution < -0.4 is 0 Å². The summed E-state index contributed by atoms with van der Waals surface area (Å²) < 4.78 is 11.9.